The fourth-order valence-electron chi connectivity index (χ4n) is 2.33. The van der Waals surface area contributed by atoms with Gasteiger partial charge in [-0.3, -0.25) is 14.9 Å². The summed E-state index contributed by atoms with van der Waals surface area (Å²) in [4.78, 5) is 39.5. The molecule has 0 aliphatic rings. The number of ether oxygens (including phenoxy) is 1. The molecule has 1 aromatic heterocycles. The lowest BCUT2D eigenvalue weighted by molar-refractivity contribution is -0.114. The molecule has 29 heavy (non-hydrogen) atoms. The number of halogens is 2. The number of carbonyl (C=O) groups excluding carboxylic acids is 2. The molecule has 0 unspecified atom stereocenters. The topological polar surface area (TPSA) is 91.5 Å². The number of rotatable bonds is 5. The van der Waals surface area contributed by atoms with Crippen LogP contribution in [0, 0.1) is 0 Å². The van der Waals surface area contributed by atoms with Crippen LogP contribution in [-0.4, -0.2) is 35.9 Å². The number of amides is 3. The van der Waals surface area contributed by atoms with Crippen molar-refractivity contribution in [1.29, 1.82) is 0 Å². The Morgan fingerprint density at radius 3 is 2.28 bits per heavy atom. The minimum atomic E-state index is -0.674. The maximum Gasteiger partial charge on any atom is 0.323 e. The van der Waals surface area contributed by atoms with Gasteiger partial charge < -0.3 is 14.6 Å². The molecule has 3 amide bonds. The molecular weight excluding hydrogens is 417 g/mol. The number of nitrogens with zero attached hydrogens (tertiary/aromatic N) is 1. The summed E-state index contributed by atoms with van der Waals surface area (Å²) in [7, 11) is 3.01. The number of hydrogen-bond acceptors (Lipinski definition) is 4. The SMILES string of the molecule is C=C(C(=O)NC(=O)N(C)C)c1cc(Cl)c(Oc2c[nH]c(=O)c(C(C)C)c2)c(Cl)c1. The second kappa shape index (κ2) is 9.15. The van der Waals surface area contributed by atoms with Crippen molar-refractivity contribution in [3.05, 3.63) is 62.5 Å². The van der Waals surface area contributed by atoms with Crippen molar-refractivity contribution in [3.63, 3.8) is 0 Å². The molecule has 1 aromatic carbocycles. The largest absolute Gasteiger partial charge is 0.453 e. The van der Waals surface area contributed by atoms with Gasteiger partial charge >= 0.3 is 6.03 Å². The van der Waals surface area contributed by atoms with E-state index in [0.29, 0.717) is 16.9 Å². The summed E-state index contributed by atoms with van der Waals surface area (Å²) in [6, 6.07) is 3.95. The van der Waals surface area contributed by atoms with E-state index in [1.165, 1.54) is 37.3 Å². The van der Waals surface area contributed by atoms with E-state index >= 15 is 0 Å². The third kappa shape index (κ3) is 5.40. The summed E-state index contributed by atoms with van der Waals surface area (Å²) < 4.78 is 5.75. The average Bonchev–Trinajstić information content (AvgIpc) is 2.64. The molecular formula is C20H21Cl2N3O4. The Labute approximate surface area is 178 Å². The molecule has 0 saturated carbocycles. The molecule has 0 aliphatic heterocycles. The third-order valence-electron chi connectivity index (χ3n) is 3.99. The molecule has 0 atom stereocenters. The van der Waals surface area contributed by atoms with E-state index < -0.39 is 11.9 Å². The van der Waals surface area contributed by atoms with Crippen molar-refractivity contribution in [3.8, 4) is 11.5 Å². The molecule has 0 spiro atoms. The number of hydrogen-bond donors (Lipinski definition) is 2. The lowest BCUT2D eigenvalue weighted by atomic mass is 10.1. The van der Waals surface area contributed by atoms with Crippen LogP contribution in [0.15, 0.2) is 35.8 Å². The first-order valence-electron chi connectivity index (χ1n) is 8.62. The third-order valence-corrected chi connectivity index (χ3v) is 4.56. The first kappa shape index (κ1) is 22.5. The van der Waals surface area contributed by atoms with Crippen molar-refractivity contribution in [2.45, 2.75) is 19.8 Å². The highest BCUT2D eigenvalue weighted by Crippen LogP contribution is 2.38. The normalized spacial score (nSPS) is 10.6. The van der Waals surface area contributed by atoms with Gasteiger partial charge in [0.25, 0.3) is 11.5 Å². The van der Waals surface area contributed by atoms with E-state index in [2.05, 4.69) is 16.9 Å². The Balaban J connectivity index is 2.29. The van der Waals surface area contributed by atoms with Crippen LogP contribution in [0.5, 0.6) is 11.5 Å². The fraction of sp³-hybridized carbons (Fsp3) is 0.250. The summed E-state index contributed by atoms with van der Waals surface area (Å²) in [5, 5.41) is 2.46. The predicted octanol–water partition coefficient (Wildman–Crippen LogP) is 4.41. The molecule has 0 radical (unpaired) electrons. The van der Waals surface area contributed by atoms with Crippen LogP contribution >= 0.6 is 23.2 Å². The van der Waals surface area contributed by atoms with Crippen molar-refractivity contribution in [2.24, 2.45) is 0 Å². The fourth-order valence-corrected chi connectivity index (χ4v) is 2.90. The van der Waals surface area contributed by atoms with Gasteiger partial charge in [-0.2, -0.15) is 0 Å². The lowest BCUT2D eigenvalue weighted by Gasteiger charge is -2.15. The van der Waals surface area contributed by atoms with Crippen molar-refractivity contribution < 1.29 is 14.3 Å². The van der Waals surface area contributed by atoms with Crippen LogP contribution in [0.3, 0.4) is 0 Å². The van der Waals surface area contributed by atoms with Gasteiger partial charge in [0.1, 0.15) is 5.75 Å². The second-order valence-corrected chi connectivity index (χ2v) is 7.59. The molecule has 0 bridgehead atoms. The van der Waals surface area contributed by atoms with E-state index in [1.54, 1.807) is 6.07 Å². The smallest absolute Gasteiger partial charge is 0.323 e. The second-order valence-electron chi connectivity index (χ2n) is 6.78. The molecule has 2 N–H and O–H groups in total. The number of pyridine rings is 1. The van der Waals surface area contributed by atoms with Crippen LogP contribution in [-0.2, 0) is 4.79 Å². The zero-order chi connectivity index (χ0) is 21.9. The maximum absolute atomic E-state index is 12.2. The van der Waals surface area contributed by atoms with Gasteiger partial charge in [0, 0.05) is 31.4 Å². The molecule has 7 nitrogen and oxygen atoms in total. The van der Waals surface area contributed by atoms with Gasteiger partial charge in [-0.1, -0.05) is 43.6 Å². The van der Waals surface area contributed by atoms with Gasteiger partial charge in [0.2, 0.25) is 0 Å². The van der Waals surface area contributed by atoms with Crippen LogP contribution < -0.4 is 15.6 Å². The number of urea groups is 1. The quantitative estimate of drug-likeness (QED) is 0.677. The number of benzene rings is 1. The van der Waals surface area contributed by atoms with Crippen molar-refractivity contribution in [2.75, 3.05) is 14.1 Å². The zero-order valence-corrected chi connectivity index (χ0v) is 17.9. The van der Waals surface area contributed by atoms with E-state index in [9.17, 15) is 14.4 Å². The van der Waals surface area contributed by atoms with Gasteiger partial charge in [-0.25, -0.2) is 4.79 Å². The molecule has 2 rings (SSSR count). The van der Waals surface area contributed by atoms with Gasteiger partial charge in [0.15, 0.2) is 5.75 Å². The predicted molar refractivity (Wildman–Crippen MR) is 114 cm³/mol. The molecule has 0 fully saturated rings. The van der Waals surface area contributed by atoms with Crippen LogP contribution in [0.4, 0.5) is 4.79 Å². The Bertz CT molecular complexity index is 1010. The highest BCUT2D eigenvalue weighted by molar-refractivity contribution is 6.38. The lowest BCUT2D eigenvalue weighted by Crippen LogP contribution is -2.38. The number of H-pyrrole nitrogens is 1. The zero-order valence-electron chi connectivity index (χ0n) is 16.4. The summed E-state index contributed by atoms with van der Waals surface area (Å²) in [5.41, 5.74) is 0.707. The summed E-state index contributed by atoms with van der Waals surface area (Å²) in [5.74, 6) is -0.150. The number of aromatic nitrogens is 1. The number of nitrogens with one attached hydrogen (secondary N) is 2. The number of carbonyl (C=O) groups is 2. The summed E-state index contributed by atoms with van der Waals surface area (Å²) in [6.07, 6.45) is 1.41. The molecule has 9 heteroatoms. The number of aromatic amines is 1. The molecule has 1 heterocycles. The van der Waals surface area contributed by atoms with Crippen LogP contribution in [0.2, 0.25) is 10.0 Å². The van der Waals surface area contributed by atoms with E-state index in [0.717, 1.165) is 0 Å². The monoisotopic (exact) mass is 437 g/mol. The Hall–Kier alpha value is -2.77. The summed E-state index contributed by atoms with van der Waals surface area (Å²) in [6.45, 7) is 7.47. The molecule has 0 aliphatic carbocycles. The van der Waals surface area contributed by atoms with Gasteiger partial charge in [-0.05, 0) is 29.7 Å². The van der Waals surface area contributed by atoms with E-state index in [1.807, 2.05) is 13.8 Å². The van der Waals surface area contributed by atoms with E-state index in [4.69, 9.17) is 27.9 Å². The summed E-state index contributed by atoms with van der Waals surface area (Å²) >= 11 is 12.6. The van der Waals surface area contributed by atoms with Crippen molar-refractivity contribution in [1.82, 2.24) is 15.2 Å². The Morgan fingerprint density at radius 2 is 1.76 bits per heavy atom. The van der Waals surface area contributed by atoms with Crippen molar-refractivity contribution >= 4 is 40.7 Å². The highest BCUT2D eigenvalue weighted by Gasteiger charge is 2.18. The molecule has 154 valence electrons. The first-order chi connectivity index (χ1) is 13.5. The standard InChI is InChI=1S/C20H21Cl2N3O4/c1-10(2)14-8-13(9-23-19(14)27)29-17-15(21)6-12(7-16(17)22)11(3)18(26)24-20(28)25(4)5/h6-10H,3H2,1-2,4-5H3,(H,23,27)(H,24,26,28). The maximum atomic E-state index is 12.2. The molecule has 2 aromatic rings. The van der Waals surface area contributed by atoms with E-state index in [-0.39, 0.29) is 32.8 Å². The van der Waals surface area contributed by atoms with Crippen LogP contribution in [0.1, 0.15) is 30.9 Å². The first-order valence-corrected chi connectivity index (χ1v) is 9.38. The van der Waals surface area contributed by atoms with Crippen LogP contribution in [0.25, 0.3) is 5.57 Å². The minimum Gasteiger partial charge on any atom is -0.453 e. The average molecular weight is 438 g/mol. The minimum absolute atomic E-state index is 0.00216. The van der Waals surface area contributed by atoms with Gasteiger partial charge in [0.05, 0.1) is 10.0 Å². The van der Waals surface area contributed by atoms with Gasteiger partial charge in [-0.15, -0.1) is 0 Å². The number of imide groups is 1. The Morgan fingerprint density at radius 1 is 1.17 bits per heavy atom. The highest BCUT2D eigenvalue weighted by atomic mass is 35.5. The Kier molecular flexibility index (Phi) is 7.11. The molecule has 0 saturated heterocycles.